The maximum absolute atomic E-state index is 12.2. The van der Waals surface area contributed by atoms with E-state index in [-0.39, 0.29) is 5.91 Å². The van der Waals surface area contributed by atoms with Crippen molar-refractivity contribution >= 4 is 34.5 Å². The fourth-order valence-electron chi connectivity index (χ4n) is 1.63. The van der Waals surface area contributed by atoms with Crippen molar-refractivity contribution in [2.24, 2.45) is 5.73 Å². The van der Waals surface area contributed by atoms with E-state index in [2.05, 4.69) is 10.3 Å². The first-order valence-electron chi connectivity index (χ1n) is 6.52. The SMILES string of the molecule is CCCOc1ccc(Cl)cc1NC(=O)c1csc(CN)n1. The lowest BCUT2D eigenvalue weighted by molar-refractivity contribution is 0.102. The van der Waals surface area contributed by atoms with Crippen LogP contribution in [0.3, 0.4) is 0 Å². The number of halogens is 1. The minimum atomic E-state index is -0.311. The Bertz CT molecular complexity index is 630. The summed E-state index contributed by atoms with van der Waals surface area (Å²) in [6.07, 6.45) is 0.877. The second kappa shape index (κ2) is 7.40. The van der Waals surface area contributed by atoms with Crippen molar-refractivity contribution in [1.82, 2.24) is 4.98 Å². The summed E-state index contributed by atoms with van der Waals surface area (Å²) >= 11 is 7.33. The predicted molar refractivity (Wildman–Crippen MR) is 85.2 cm³/mol. The number of nitrogens with two attached hydrogens (primary N) is 1. The predicted octanol–water partition coefficient (Wildman–Crippen LogP) is 3.30. The Morgan fingerprint density at radius 2 is 2.33 bits per heavy atom. The second-order valence-electron chi connectivity index (χ2n) is 4.27. The zero-order valence-corrected chi connectivity index (χ0v) is 13.1. The Morgan fingerprint density at radius 1 is 1.52 bits per heavy atom. The first-order valence-corrected chi connectivity index (χ1v) is 7.78. The van der Waals surface area contributed by atoms with Gasteiger partial charge in [0.2, 0.25) is 0 Å². The second-order valence-corrected chi connectivity index (χ2v) is 5.65. The van der Waals surface area contributed by atoms with Gasteiger partial charge in [-0.1, -0.05) is 18.5 Å². The lowest BCUT2D eigenvalue weighted by atomic mass is 10.2. The summed E-state index contributed by atoms with van der Waals surface area (Å²) in [4.78, 5) is 16.3. The van der Waals surface area contributed by atoms with Crippen molar-refractivity contribution in [3.8, 4) is 5.75 Å². The molecule has 2 aromatic rings. The molecule has 0 atom stereocenters. The highest BCUT2D eigenvalue weighted by Crippen LogP contribution is 2.28. The van der Waals surface area contributed by atoms with Gasteiger partial charge in [0, 0.05) is 16.9 Å². The van der Waals surface area contributed by atoms with Crippen LogP contribution in [0, 0.1) is 0 Å². The van der Waals surface area contributed by atoms with Crippen LogP contribution in [0.4, 0.5) is 5.69 Å². The van der Waals surface area contributed by atoms with Crippen LogP contribution >= 0.6 is 22.9 Å². The molecule has 0 aliphatic heterocycles. The molecule has 0 unspecified atom stereocenters. The molecular weight excluding hydrogens is 310 g/mol. The monoisotopic (exact) mass is 325 g/mol. The van der Waals surface area contributed by atoms with Crippen molar-refractivity contribution in [2.45, 2.75) is 19.9 Å². The zero-order valence-electron chi connectivity index (χ0n) is 11.6. The third-order valence-electron chi connectivity index (χ3n) is 2.61. The molecule has 112 valence electrons. The van der Waals surface area contributed by atoms with Crippen LogP contribution in [0.5, 0.6) is 5.75 Å². The van der Waals surface area contributed by atoms with E-state index in [0.29, 0.717) is 40.3 Å². The van der Waals surface area contributed by atoms with Crippen molar-refractivity contribution in [1.29, 1.82) is 0 Å². The highest BCUT2D eigenvalue weighted by molar-refractivity contribution is 7.09. The molecule has 7 heteroatoms. The van der Waals surface area contributed by atoms with Crippen molar-refractivity contribution in [2.75, 3.05) is 11.9 Å². The number of rotatable bonds is 6. The number of thiazole rings is 1. The lowest BCUT2D eigenvalue weighted by Crippen LogP contribution is -2.14. The molecule has 2 rings (SSSR count). The molecule has 5 nitrogen and oxygen atoms in total. The third kappa shape index (κ3) is 4.17. The largest absolute Gasteiger partial charge is 0.491 e. The number of amides is 1. The number of ether oxygens (including phenoxy) is 1. The van der Waals surface area contributed by atoms with Crippen LogP contribution in [0.25, 0.3) is 0 Å². The summed E-state index contributed by atoms with van der Waals surface area (Å²) < 4.78 is 5.59. The zero-order chi connectivity index (χ0) is 15.2. The number of nitrogens with zero attached hydrogens (tertiary/aromatic N) is 1. The molecule has 1 heterocycles. The van der Waals surface area contributed by atoms with Crippen molar-refractivity contribution in [3.05, 3.63) is 39.3 Å². The average Bonchev–Trinajstić information content (AvgIpc) is 2.95. The van der Waals surface area contributed by atoms with Gasteiger partial charge >= 0.3 is 0 Å². The molecule has 1 aromatic carbocycles. The molecule has 0 radical (unpaired) electrons. The van der Waals surface area contributed by atoms with E-state index in [1.54, 1.807) is 23.6 Å². The lowest BCUT2D eigenvalue weighted by Gasteiger charge is -2.11. The molecule has 0 saturated carbocycles. The Hall–Kier alpha value is -1.63. The number of hydrogen-bond donors (Lipinski definition) is 2. The highest BCUT2D eigenvalue weighted by atomic mass is 35.5. The van der Waals surface area contributed by atoms with Crippen LogP contribution < -0.4 is 15.8 Å². The minimum Gasteiger partial charge on any atom is -0.491 e. The van der Waals surface area contributed by atoms with E-state index in [9.17, 15) is 4.79 Å². The van der Waals surface area contributed by atoms with Crippen LogP contribution in [0.2, 0.25) is 5.02 Å². The van der Waals surface area contributed by atoms with Gasteiger partial charge in [0.05, 0.1) is 12.3 Å². The van der Waals surface area contributed by atoms with Gasteiger partial charge in [-0.2, -0.15) is 0 Å². The molecule has 0 bridgehead atoms. The van der Waals surface area contributed by atoms with Gasteiger partial charge in [0.15, 0.2) is 0 Å². The van der Waals surface area contributed by atoms with Gasteiger partial charge in [0.1, 0.15) is 16.5 Å². The summed E-state index contributed by atoms with van der Waals surface area (Å²) in [5.41, 5.74) is 6.36. The smallest absolute Gasteiger partial charge is 0.275 e. The van der Waals surface area contributed by atoms with Gasteiger partial charge in [-0.25, -0.2) is 4.98 Å². The Labute approximate surface area is 132 Å². The van der Waals surface area contributed by atoms with Gasteiger partial charge in [0.25, 0.3) is 5.91 Å². The fourth-order valence-corrected chi connectivity index (χ4v) is 2.46. The molecule has 3 N–H and O–H groups in total. The maximum Gasteiger partial charge on any atom is 0.275 e. The quantitative estimate of drug-likeness (QED) is 0.854. The topological polar surface area (TPSA) is 77.2 Å². The number of nitrogens with one attached hydrogen (secondary N) is 1. The van der Waals surface area contributed by atoms with Gasteiger partial charge in [-0.15, -0.1) is 11.3 Å². The van der Waals surface area contributed by atoms with Crippen LogP contribution in [0.15, 0.2) is 23.6 Å². The molecular formula is C14H16ClN3O2S. The number of carbonyl (C=O) groups is 1. The maximum atomic E-state index is 12.2. The Balaban J connectivity index is 2.17. The average molecular weight is 326 g/mol. The van der Waals surface area contributed by atoms with E-state index in [4.69, 9.17) is 22.1 Å². The summed E-state index contributed by atoms with van der Waals surface area (Å²) in [7, 11) is 0. The van der Waals surface area contributed by atoms with E-state index in [1.165, 1.54) is 11.3 Å². The Kier molecular flexibility index (Phi) is 5.55. The molecule has 21 heavy (non-hydrogen) atoms. The van der Waals surface area contributed by atoms with Gasteiger partial charge < -0.3 is 15.8 Å². The third-order valence-corrected chi connectivity index (χ3v) is 3.72. The van der Waals surface area contributed by atoms with E-state index in [1.807, 2.05) is 6.92 Å². The highest BCUT2D eigenvalue weighted by Gasteiger charge is 2.13. The molecule has 0 aliphatic carbocycles. The standard InChI is InChI=1S/C14H16ClN3O2S/c1-2-5-20-12-4-3-9(15)6-10(12)18-14(19)11-8-21-13(7-16)17-11/h3-4,6,8H,2,5,7,16H2,1H3,(H,18,19). The molecule has 1 amide bonds. The molecule has 0 aliphatic rings. The van der Waals surface area contributed by atoms with Crippen molar-refractivity contribution in [3.63, 3.8) is 0 Å². The summed E-state index contributed by atoms with van der Waals surface area (Å²) in [6, 6.07) is 5.11. The van der Waals surface area contributed by atoms with Gasteiger partial charge in [-0.05, 0) is 24.6 Å². The molecule has 1 aromatic heterocycles. The minimum absolute atomic E-state index is 0.311. The van der Waals surface area contributed by atoms with E-state index in [0.717, 1.165) is 6.42 Å². The van der Waals surface area contributed by atoms with Crippen molar-refractivity contribution < 1.29 is 9.53 Å². The van der Waals surface area contributed by atoms with Crippen LogP contribution in [-0.4, -0.2) is 17.5 Å². The summed E-state index contributed by atoms with van der Waals surface area (Å²) in [6.45, 7) is 2.90. The fraction of sp³-hybridized carbons (Fsp3) is 0.286. The number of carbonyl (C=O) groups excluding carboxylic acids is 1. The van der Waals surface area contributed by atoms with E-state index >= 15 is 0 Å². The van der Waals surface area contributed by atoms with Crippen LogP contribution in [0.1, 0.15) is 28.8 Å². The number of hydrogen-bond acceptors (Lipinski definition) is 5. The molecule has 0 spiro atoms. The first-order chi connectivity index (χ1) is 10.1. The summed E-state index contributed by atoms with van der Waals surface area (Å²) in [5.74, 6) is 0.276. The summed E-state index contributed by atoms with van der Waals surface area (Å²) in [5, 5.41) is 5.68. The number of benzene rings is 1. The number of anilines is 1. The van der Waals surface area contributed by atoms with E-state index < -0.39 is 0 Å². The van der Waals surface area contributed by atoms with Gasteiger partial charge in [-0.3, -0.25) is 4.79 Å². The Morgan fingerprint density at radius 3 is 3.00 bits per heavy atom. The molecule has 0 saturated heterocycles. The first kappa shape index (κ1) is 15.8. The number of aromatic nitrogens is 1. The molecule has 0 fully saturated rings. The normalized spacial score (nSPS) is 10.4. The van der Waals surface area contributed by atoms with Crippen LogP contribution in [-0.2, 0) is 6.54 Å².